The second-order valence-electron chi connectivity index (χ2n) is 6.71. The lowest BCUT2D eigenvalue weighted by molar-refractivity contribution is -0.146. The third-order valence-electron chi connectivity index (χ3n) is 4.98. The van der Waals surface area contributed by atoms with Crippen LogP contribution in [0.2, 0.25) is 0 Å². The first kappa shape index (κ1) is 18.4. The van der Waals surface area contributed by atoms with E-state index in [1.54, 1.807) is 34.1 Å². The highest BCUT2D eigenvalue weighted by Gasteiger charge is 2.31. The third kappa shape index (κ3) is 4.40. The molecule has 0 aliphatic carbocycles. The summed E-state index contributed by atoms with van der Waals surface area (Å²) >= 11 is 0. The van der Waals surface area contributed by atoms with Crippen molar-refractivity contribution in [3.8, 4) is 0 Å². The van der Waals surface area contributed by atoms with Gasteiger partial charge in [-0.15, -0.1) is 0 Å². The van der Waals surface area contributed by atoms with E-state index < -0.39 is 5.97 Å². The molecule has 3 rings (SSSR count). The Bertz CT molecular complexity index is 659. The number of rotatable bonds is 5. The average Bonchev–Trinajstić information content (AvgIpc) is 3.20. The van der Waals surface area contributed by atoms with Gasteiger partial charge in [0.15, 0.2) is 0 Å². The second kappa shape index (κ2) is 8.31. The minimum atomic E-state index is -0.956. The Kier molecular flexibility index (Phi) is 5.88. The smallest absolute Gasteiger partial charge is 0.335 e. The molecule has 2 amide bonds. The number of carboxylic acids is 1. The van der Waals surface area contributed by atoms with E-state index in [0.29, 0.717) is 45.6 Å². The number of benzene rings is 1. The van der Waals surface area contributed by atoms with Crippen molar-refractivity contribution in [2.45, 2.75) is 31.8 Å². The van der Waals surface area contributed by atoms with Gasteiger partial charge in [0.05, 0.1) is 5.56 Å². The summed E-state index contributed by atoms with van der Waals surface area (Å²) in [6, 6.07) is 6.60. The van der Waals surface area contributed by atoms with Crippen molar-refractivity contribution in [2.75, 3.05) is 32.8 Å². The molecule has 0 bridgehead atoms. The first-order chi connectivity index (χ1) is 12.5. The van der Waals surface area contributed by atoms with Gasteiger partial charge in [0, 0.05) is 39.2 Å². The van der Waals surface area contributed by atoms with E-state index in [9.17, 15) is 14.4 Å². The van der Waals surface area contributed by atoms with Crippen LogP contribution in [-0.4, -0.2) is 71.6 Å². The number of amides is 2. The topological polar surface area (TPSA) is 87.2 Å². The van der Waals surface area contributed by atoms with Gasteiger partial charge in [-0.1, -0.05) is 12.1 Å². The predicted molar refractivity (Wildman–Crippen MR) is 93.9 cm³/mol. The van der Waals surface area contributed by atoms with Crippen LogP contribution in [0.5, 0.6) is 0 Å². The molecule has 1 aromatic rings. The SMILES string of the molecule is O=C(O)c1ccc(CCC(=O)N2CCN(C(=O)C3CCCO3)CC2)cc1. The molecule has 0 radical (unpaired) electrons. The van der Waals surface area contributed by atoms with Gasteiger partial charge in [-0.25, -0.2) is 4.79 Å². The standard InChI is InChI=1S/C19H24N2O5/c22-17(8-5-14-3-6-15(7-4-14)19(24)25)20-9-11-21(12-10-20)18(23)16-2-1-13-26-16/h3-4,6-7,16H,1-2,5,8-13H2,(H,24,25). The van der Waals surface area contributed by atoms with E-state index in [0.717, 1.165) is 18.4 Å². The van der Waals surface area contributed by atoms with Crippen LogP contribution in [-0.2, 0) is 20.7 Å². The summed E-state index contributed by atoms with van der Waals surface area (Å²) in [5.41, 5.74) is 1.18. The zero-order valence-electron chi connectivity index (χ0n) is 14.7. The molecule has 0 saturated carbocycles. The number of carbonyl (C=O) groups excluding carboxylic acids is 2. The molecule has 2 aliphatic rings. The number of ether oxygens (including phenoxy) is 1. The van der Waals surface area contributed by atoms with Gasteiger partial charge < -0.3 is 19.6 Å². The Hall–Kier alpha value is -2.41. The van der Waals surface area contributed by atoms with E-state index in [-0.39, 0.29) is 23.5 Å². The molecule has 1 aromatic carbocycles. The molecule has 7 heteroatoms. The molecule has 1 unspecified atom stereocenters. The van der Waals surface area contributed by atoms with Crippen LogP contribution in [0.4, 0.5) is 0 Å². The summed E-state index contributed by atoms with van der Waals surface area (Å²) in [6.45, 7) is 2.86. The molecular weight excluding hydrogens is 336 g/mol. The Morgan fingerprint density at radius 3 is 2.27 bits per heavy atom. The van der Waals surface area contributed by atoms with Gasteiger partial charge in [-0.3, -0.25) is 9.59 Å². The molecule has 2 aliphatic heterocycles. The van der Waals surface area contributed by atoms with Crippen LogP contribution in [0.25, 0.3) is 0 Å². The van der Waals surface area contributed by atoms with Crippen molar-refractivity contribution in [2.24, 2.45) is 0 Å². The van der Waals surface area contributed by atoms with Crippen molar-refractivity contribution < 1.29 is 24.2 Å². The number of carboxylic acid groups (broad SMARTS) is 1. The Balaban J connectivity index is 1.43. The van der Waals surface area contributed by atoms with Crippen molar-refractivity contribution in [3.05, 3.63) is 35.4 Å². The van der Waals surface area contributed by atoms with Crippen molar-refractivity contribution in [1.29, 1.82) is 0 Å². The highest BCUT2D eigenvalue weighted by atomic mass is 16.5. The maximum absolute atomic E-state index is 12.4. The number of hydrogen-bond acceptors (Lipinski definition) is 4. The molecule has 1 atom stereocenters. The minimum Gasteiger partial charge on any atom is -0.478 e. The van der Waals surface area contributed by atoms with Crippen molar-refractivity contribution in [3.63, 3.8) is 0 Å². The van der Waals surface area contributed by atoms with Crippen LogP contribution in [0, 0.1) is 0 Å². The number of carbonyl (C=O) groups is 3. The predicted octanol–water partition coefficient (Wildman–Crippen LogP) is 1.17. The summed E-state index contributed by atoms with van der Waals surface area (Å²) < 4.78 is 5.44. The van der Waals surface area contributed by atoms with Crippen molar-refractivity contribution >= 4 is 17.8 Å². The fraction of sp³-hybridized carbons (Fsp3) is 0.526. The summed E-state index contributed by atoms with van der Waals surface area (Å²) in [6.07, 6.45) is 2.38. The maximum atomic E-state index is 12.4. The summed E-state index contributed by atoms with van der Waals surface area (Å²) in [5.74, 6) is -0.840. The van der Waals surface area contributed by atoms with Gasteiger partial charge in [-0.05, 0) is 37.0 Å². The monoisotopic (exact) mass is 360 g/mol. The number of hydrogen-bond donors (Lipinski definition) is 1. The summed E-state index contributed by atoms with van der Waals surface area (Å²) in [4.78, 5) is 39.1. The van der Waals surface area contributed by atoms with Gasteiger partial charge >= 0.3 is 5.97 Å². The van der Waals surface area contributed by atoms with Gasteiger partial charge in [0.25, 0.3) is 5.91 Å². The number of piperazine rings is 1. The van der Waals surface area contributed by atoms with E-state index in [4.69, 9.17) is 9.84 Å². The van der Waals surface area contributed by atoms with Crippen LogP contribution in [0.15, 0.2) is 24.3 Å². The van der Waals surface area contributed by atoms with Crippen LogP contribution in [0.3, 0.4) is 0 Å². The zero-order valence-corrected chi connectivity index (χ0v) is 14.7. The lowest BCUT2D eigenvalue weighted by Gasteiger charge is -2.35. The molecule has 7 nitrogen and oxygen atoms in total. The lowest BCUT2D eigenvalue weighted by Crippen LogP contribution is -2.52. The van der Waals surface area contributed by atoms with E-state index in [1.807, 2.05) is 0 Å². The van der Waals surface area contributed by atoms with Crippen LogP contribution < -0.4 is 0 Å². The van der Waals surface area contributed by atoms with Crippen LogP contribution >= 0.6 is 0 Å². The normalized spacial score (nSPS) is 20.2. The molecule has 1 N–H and O–H groups in total. The van der Waals surface area contributed by atoms with Crippen molar-refractivity contribution in [1.82, 2.24) is 9.80 Å². The molecule has 0 aromatic heterocycles. The van der Waals surface area contributed by atoms with E-state index in [1.165, 1.54) is 0 Å². The molecule has 140 valence electrons. The fourth-order valence-corrected chi connectivity index (χ4v) is 3.38. The zero-order chi connectivity index (χ0) is 18.5. The summed E-state index contributed by atoms with van der Waals surface area (Å²) in [7, 11) is 0. The Morgan fingerprint density at radius 2 is 1.69 bits per heavy atom. The Labute approximate surface area is 152 Å². The lowest BCUT2D eigenvalue weighted by atomic mass is 10.1. The van der Waals surface area contributed by atoms with E-state index in [2.05, 4.69) is 0 Å². The summed E-state index contributed by atoms with van der Waals surface area (Å²) in [5, 5.41) is 8.90. The second-order valence-corrected chi connectivity index (χ2v) is 6.71. The molecular formula is C19H24N2O5. The number of aromatic carboxylic acids is 1. The average molecular weight is 360 g/mol. The molecule has 2 saturated heterocycles. The van der Waals surface area contributed by atoms with Gasteiger partial charge in [-0.2, -0.15) is 0 Å². The number of nitrogens with zero attached hydrogens (tertiary/aromatic N) is 2. The van der Waals surface area contributed by atoms with Gasteiger partial charge in [0.2, 0.25) is 5.91 Å². The first-order valence-electron chi connectivity index (χ1n) is 9.05. The number of aryl methyl sites for hydroxylation is 1. The molecule has 0 spiro atoms. The quantitative estimate of drug-likeness (QED) is 0.852. The van der Waals surface area contributed by atoms with Crippen LogP contribution in [0.1, 0.15) is 35.2 Å². The van der Waals surface area contributed by atoms with E-state index >= 15 is 0 Å². The Morgan fingerprint density at radius 1 is 1.04 bits per heavy atom. The molecule has 26 heavy (non-hydrogen) atoms. The molecule has 2 heterocycles. The fourth-order valence-electron chi connectivity index (χ4n) is 3.38. The highest BCUT2D eigenvalue weighted by molar-refractivity contribution is 5.87. The first-order valence-corrected chi connectivity index (χ1v) is 9.05. The largest absolute Gasteiger partial charge is 0.478 e. The maximum Gasteiger partial charge on any atom is 0.335 e. The molecule has 2 fully saturated rings. The van der Waals surface area contributed by atoms with Gasteiger partial charge in [0.1, 0.15) is 6.10 Å². The minimum absolute atomic E-state index is 0.0492. The third-order valence-corrected chi connectivity index (χ3v) is 4.98. The highest BCUT2D eigenvalue weighted by Crippen LogP contribution is 2.16.